The van der Waals surface area contributed by atoms with Crippen molar-refractivity contribution in [2.75, 3.05) is 7.11 Å². The van der Waals surface area contributed by atoms with Gasteiger partial charge in [0.15, 0.2) is 0 Å². The van der Waals surface area contributed by atoms with Crippen LogP contribution in [0.15, 0.2) is 29.2 Å². The molecule has 13 heavy (non-hydrogen) atoms. The van der Waals surface area contributed by atoms with Crippen molar-refractivity contribution in [3.63, 3.8) is 0 Å². The van der Waals surface area contributed by atoms with E-state index >= 15 is 0 Å². The zero-order valence-electron chi connectivity index (χ0n) is 6.97. The van der Waals surface area contributed by atoms with Crippen molar-refractivity contribution < 1.29 is 9.26 Å². The molecule has 0 saturated heterocycles. The van der Waals surface area contributed by atoms with Gasteiger partial charge in [0.1, 0.15) is 17.7 Å². The summed E-state index contributed by atoms with van der Waals surface area (Å²) in [6.45, 7) is 0. The lowest BCUT2D eigenvalue weighted by Crippen LogP contribution is -1.90. The first kappa shape index (κ1) is 7.72. The molecule has 0 fully saturated rings. The van der Waals surface area contributed by atoms with Gasteiger partial charge >= 0.3 is 0 Å². The van der Waals surface area contributed by atoms with Gasteiger partial charge in [-0.05, 0) is 0 Å². The molecule has 0 aliphatic rings. The van der Waals surface area contributed by atoms with Crippen LogP contribution in [0.2, 0.25) is 0 Å². The van der Waals surface area contributed by atoms with Gasteiger partial charge in [-0.25, -0.2) is 9.97 Å². The topological polar surface area (TPSA) is 61.0 Å². The van der Waals surface area contributed by atoms with Crippen LogP contribution in [0.1, 0.15) is 0 Å². The van der Waals surface area contributed by atoms with Crippen molar-refractivity contribution >= 4 is 0 Å². The summed E-state index contributed by atoms with van der Waals surface area (Å²) >= 11 is 0. The highest BCUT2D eigenvalue weighted by Crippen LogP contribution is 2.13. The van der Waals surface area contributed by atoms with Crippen LogP contribution < -0.4 is 4.74 Å². The first-order valence-corrected chi connectivity index (χ1v) is 3.67. The van der Waals surface area contributed by atoms with E-state index in [0.29, 0.717) is 17.3 Å². The summed E-state index contributed by atoms with van der Waals surface area (Å²) in [7, 11) is 1.54. The zero-order valence-corrected chi connectivity index (χ0v) is 6.97. The molecule has 0 radical (unpaired) electrons. The van der Waals surface area contributed by atoms with Gasteiger partial charge in [0.05, 0.1) is 19.5 Å². The minimum absolute atomic E-state index is 0.479. The molecule has 0 aliphatic heterocycles. The van der Waals surface area contributed by atoms with Crippen LogP contribution >= 0.6 is 0 Å². The molecule has 0 atom stereocenters. The monoisotopic (exact) mass is 177 g/mol. The van der Waals surface area contributed by atoms with Crippen molar-refractivity contribution in [2.24, 2.45) is 0 Å². The van der Waals surface area contributed by atoms with Crippen LogP contribution in [0, 0.1) is 0 Å². The Hall–Kier alpha value is -1.91. The van der Waals surface area contributed by atoms with E-state index < -0.39 is 0 Å². The van der Waals surface area contributed by atoms with Gasteiger partial charge < -0.3 is 9.26 Å². The van der Waals surface area contributed by atoms with Crippen LogP contribution in [0.5, 0.6) is 5.88 Å². The lowest BCUT2D eigenvalue weighted by molar-refractivity contribution is 0.395. The van der Waals surface area contributed by atoms with E-state index in [-0.39, 0.29) is 0 Å². The van der Waals surface area contributed by atoms with E-state index in [2.05, 4.69) is 19.6 Å². The molecular formula is C8H7N3O2. The van der Waals surface area contributed by atoms with E-state index in [4.69, 9.17) is 4.74 Å². The summed E-state index contributed by atoms with van der Waals surface area (Å²) in [6, 6.07) is 1.72. The molecule has 5 nitrogen and oxygen atoms in total. The fraction of sp³-hybridized carbons (Fsp3) is 0.125. The second-order valence-electron chi connectivity index (χ2n) is 2.33. The molecule has 5 heteroatoms. The van der Waals surface area contributed by atoms with Crippen LogP contribution in [0.3, 0.4) is 0 Å². The Kier molecular flexibility index (Phi) is 1.91. The molecule has 2 aromatic rings. The van der Waals surface area contributed by atoms with Crippen LogP contribution in [-0.4, -0.2) is 22.2 Å². The Morgan fingerprint density at radius 1 is 1.23 bits per heavy atom. The molecule has 0 spiro atoms. The summed E-state index contributed by atoms with van der Waals surface area (Å²) in [5, 5.41) is 3.72. The van der Waals surface area contributed by atoms with Crippen LogP contribution in [0.25, 0.3) is 11.4 Å². The highest BCUT2D eigenvalue weighted by atomic mass is 16.5. The molecule has 0 aliphatic carbocycles. The standard InChI is InChI=1S/C8H7N3O2/c1-12-8-5-9-7(4-10-8)6-2-3-13-11-6/h2-5H,1H3. The molecule has 0 N–H and O–H groups in total. The zero-order chi connectivity index (χ0) is 9.10. The number of rotatable bonds is 2. The molecular weight excluding hydrogens is 170 g/mol. The van der Waals surface area contributed by atoms with Gasteiger partial charge in [-0.3, -0.25) is 0 Å². The molecule has 0 amide bonds. The minimum atomic E-state index is 0.479. The smallest absolute Gasteiger partial charge is 0.232 e. The first-order valence-electron chi connectivity index (χ1n) is 3.67. The third-order valence-electron chi connectivity index (χ3n) is 1.54. The van der Waals surface area contributed by atoms with E-state index in [1.165, 1.54) is 12.5 Å². The van der Waals surface area contributed by atoms with Crippen LogP contribution in [0.4, 0.5) is 0 Å². The quantitative estimate of drug-likeness (QED) is 0.688. The molecule has 66 valence electrons. The van der Waals surface area contributed by atoms with E-state index in [1.807, 2.05) is 0 Å². The largest absolute Gasteiger partial charge is 0.480 e. The first-order chi connectivity index (χ1) is 6.40. The number of hydrogen-bond acceptors (Lipinski definition) is 5. The van der Waals surface area contributed by atoms with Crippen molar-refractivity contribution in [1.82, 2.24) is 15.1 Å². The average Bonchev–Trinajstić information content (AvgIpc) is 2.71. The SMILES string of the molecule is COc1cnc(-c2ccon2)cn1. The highest BCUT2D eigenvalue weighted by Gasteiger charge is 2.02. The third kappa shape index (κ3) is 1.48. The maximum absolute atomic E-state index is 4.87. The Labute approximate surface area is 74.4 Å². The lowest BCUT2D eigenvalue weighted by atomic mass is 10.3. The molecule has 2 rings (SSSR count). The van der Waals surface area contributed by atoms with Crippen LogP contribution in [-0.2, 0) is 0 Å². The maximum Gasteiger partial charge on any atom is 0.232 e. The minimum Gasteiger partial charge on any atom is -0.480 e. The number of aromatic nitrogens is 3. The summed E-state index contributed by atoms with van der Waals surface area (Å²) in [5.74, 6) is 0.479. The molecule has 0 unspecified atom stereocenters. The maximum atomic E-state index is 4.87. The predicted octanol–water partition coefficient (Wildman–Crippen LogP) is 1.14. The number of hydrogen-bond donors (Lipinski definition) is 0. The Morgan fingerprint density at radius 2 is 2.15 bits per heavy atom. The Morgan fingerprint density at radius 3 is 2.69 bits per heavy atom. The fourth-order valence-corrected chi connectivity index (χ4v) is 0.899. The Balaban J connectivity index is 2.33. The highest BCUT2D eigenvalue weighted by molar-refractivity contribution is 5.50. The summed E-state index contributed by atoms with van der Waals surface area (Å²) in [6.07, 6.45) is 4.60. The number of nitrogens with zero attached hydrogens (tertiary/aromatic N) is 3. The van der Waals surface area contributed by atoms with Gasteiger partial charge in [0.25, 0.3) is 0 Å². The summed E-state index contributed by atoms with van der Waals surface area (Å²) in [4.78, 5) is 8.07. The number of ether oxygens (including phenoxy) is 1. The normalized spacial score (nSPS) is 9.92. The predicted molar refractivity (Wildman–Crippen MR) is 44.1 cm³/mol. The summed E-state index contributed by atoms with van der Waals surface area (Å²) in [5.41, 5.74) is 1.32. The fourth-order valence-electron chi connectivity index (χ4n) is 0.899. The van der Waals surface area contributed by atoms with Gasteiger partial charge in [0, 0.05) is 6.07 Å². The second-order valence-corrected chi connectivity index (χ2v) is 2.33. The summed E-state index contributed by atoms with van der Waals surface area (Å²) < 4.78 is 9.55. The molecule has 0 saturated carbocycles. The second kappa shape index (κ2) is 3.22. The molecule has 2 heterocycles. The molecule has 0 aromatic carbocycles. The van der Waals surface area contributed by atoms with Crippen molar-refractivity contribution in [3.8, 4) is 17.3 Å². The van der Waals surface area contributed by atoms with Gasteiger partial charge in [0.2, 0.25) is 5.88 Å². The van der Waals surface area contributed by atoms with Crippen molar-refractivity contribution in [1.29, 1.82) is 0 Å². The third-order valence-corrected chi connectivity index (χ3v) is 1.54. The van der Waals surface area contributed by atoms with E-state index in [0.717, 1.165) is 0 Å². The van der Waals surface area contributed by atoms with Gasteiger partial charge in [-0.1, -0.05) is 5.16 Å². The molecule has 2 aromatic heterocycles. The van der Waals surface area contributed by atoms with Gasteiger partial charge in [-0.15, -0.1) is 0 Å². The van der Waals surface area contributed by atoms with E-state index in [9.17, 15) is 0 Å². The molecule has 0 bridgehead atoms. The number of methoxy groups -OCH3 is 1. The lowest BCUT2D eigenvalue weighted by Gasteiger charge is -1.97. The van der Waals surface area contributed by atoms with Crippen molar-refractivity contribution in [3.05, 3.63) is 24.7 Å². The van der Waals surface area contributed by atoms with Crippen molar-refractivity contribution in [2.45, 2.75) is 0 Å². The average molecular weight is 177 g/mol. The Bertz CT molecular complexity index is 369. The van der Waals surface area contributed by atoms with Gasteiger partial charge in [-0.2, -0.15) is 0 Å². The van der Waals surface area contributed by atoms with E-state index in [1.54, 1.807) is 19.4 Å².